The van der Waals surface area contributed by atoms with E-state index in [1.165, 1.54) is 5.56 Å². The Kier molecular flexibility index (Phi) is 4.98. The molecule has 0 radical (unpaired) electrons. The summed E-state index contributed by atoms with van der Waals surface area (Å²) in [4.78, 5) is 12.6. The first-order valence-electron chi connectivity index (χ1n) is 8.72. The van der Waals surface area contributed by atoms with E-state index in [2.05, 4.69) is 43.4 Å². The van der Waals surface area contributed by atoms with Crippen LogP contribution in [-0.4, -0.2) is 25.2 Å². The predicted molar refractivity (Wildman–Crippen MR) is 98.4 cm³/mol. The summed E-state index contributed by atoms with van der Waals surface area (Å²) in [5.41, 5.74) is 1.85. The standard InChI is InChI=1S/C21H25NO3/c1-15(14-21(2,3)17-7-5-4-6-8-17)22-20(23)16-9-10-18-19(13-16)25-12-11-24-18/h4-10,13,15H,11-12,14H2,1-3H3,(H,22,23)/t15-/m1/s1. The summed E-state index contributed by atoms with van der Waals surface area (Å²) in [6.07, 6.45) is 0.854. The monoisotopic (exact) mass is 339 g/mol. The zero-order valence-corrected chi connectivity index (χ0v) is 15.0. The minimum Gasteiger partial charge on any atom is -0.486 e. The molecule has 2 aromatic rings. The lowest BCUT2D eigenvalue weighted by molar-refractivity contribution is 0.0933. The Morgan fingerprint density at radius 1 is 1.08 bits per heavy atom. The van der Waals surface area contributed by atoms with E-state index in [4.69, 9.17) is 9.47 Å². The van der Waals surface area contributed by atoms with E-state index in [1.807, 2.05) is 13.0 Å². The van der Waals surface area contributed by atoms with Gasteiger partial charge in [-0.2, -0.15) is 0 Å². The zero-order chi connectivity index (χ0) is 17.9. The molecule has 0 fully saturated rings. The molecule has 0 bridgehead atoms. The van der Waals surface area contributed by atoms with E-state index < -0.39 is 0 Å². The van der Waals surface area contributed by atoms with Crippen LogP contribution in [0.4, 0.5) is 0 Å². The van der Waals surface area contributed by atoms with Crippen LogP contribution in [-0.2, 0) is 5.41 Å². The van der Waals surface area contributed by atoms with Gasteiger partial charge in [-0.25, -0.2) is 0 Å². The van der Waals surface area contributed by atoms with Crippen molar-refractivity contribution in [2.45, 2.75) is 38.6 Å². The fourth-order valence-electron chi connectivity index (χ4n) is 3.32. The summed E-state index contributed by atoms with van der Waals surface area (Å²) in [6.45, 7) is 7.51. The summed E-state index contributed by atoms with van der Waals surface area (Å²) in [7, 11) is 0. The van der Waals surface area contributed by atoms with Gasteiger partial charge in [-0.1, -0.05) is 44.2 Å². The molecule has 0 unspecified atom stereocenters. The van der Waals surface area contributed by atoms with Crippen molar-refractivity contribution in [1.82, 2.24) is 5.32 Å². The van der Waals surface area contributed by atoms with Gasteiger partial charge in [0.15, 0.2) is 11.5 Å². The van der Waals surface area contributed by atoms with Gasteiger partial charge in [0.05, 0.1) is 0 Å². The van der Waals surface area contributed by atoms with Crippen molar-refractivity contribution < 1.29 is 14.3 Å². The first kappa shape index (κ1) is 17.3. The van der Waals surface area contributed by atoms with Gasteiger partial charge >= 0.3 is 0 Å². The van der Waals surface area contributed by atoms with E-state index in [0.717, 1.165) is 6.42 Å². The van der Waals surface area contributed by atoms with Crippen LogP contribution in [0.25, 0.3) is 0 Å². The number of rotatable bonds is 5. The van der Waals surface area contributed by atoms with E-state index >= 15 is 0 Å². The number of fused-ring (bicyclic) bond motifs is 1. The van der Waals surface area contributed by atoms with Gasteiger partial charge in [-0.3, -0.25) is 4.79 Å². The van der Waals surface area contributed by atoms with Crippen LogP contribution in [0.2, 0.25) is 0 Å². The number of hydrogen-bond acceptors (Lipinski definition) is 3. The highest BCUT2D eigenvalue weighted by molar-refractivity contribution is 5.95. The molecule has 0 saturated carbocycles. The first-order chi connectivity index (χ1) is 12.0. The Bertz CT molecular complexity index is 740. The molecular weight excluding hydrogens is 314 g/mol. The molecule has 1 amide bonds. The number of ether oxygens (including phenoxy) is 2. The third kappa shape index (κ3) is 4.13. The molecule has 25 heavy (non-hydrogen) atoms. The second-order valence-electron chi connectivity index (χ2n) is 7.19. The highest BCUT2D eigenvalue weighted by atomic mass is 16.6. The van der Waals surface area contributed by atoms with Gasteiger partial charge in [0.1, 0.15) is 13.2 Å². The molecule has 0 spiro atoms. The lowest BCUT2D eigenvalue weighted by Crippen LogP contribution is -2.37. The molecule has 0 aromatic heterocycles. The van der Waals surface area contributed by atoms with Crippen molar-refractivity contribution in [3.8, 4) is 11.5 Å². The second kappa shape index (κ2) is 7.18. The zero-order valence-electron chi connectivity index (χ0n) is 15.0. The minimum atomic E-state index is -0.0895. The van der Waals surface area contributed by atoms with Crippen molar-refractivity contribution in [3.05, 3.63) is 59.7 Å². The summed E-state index contributed by atoms with van der Waals surface area (Å²) in [5, 5.41) is 3.09. The maximum absolute atomic E-state index is 12.6. The quantitative estimate of drug-likeness (QED) is 0.897. The highest BCUT2D eigenvalue weighted by Crippen LogP contribution is 2.31. The molecule has 2 aromatic carbocycles. The van der Waals surface area contributed by atoms with Crippen molar-refractivity contribution in [3.63, 3.8) is 0 Å². The van der Waals surface area contributed by atoms with Crippen LogP contribution < -0.4 is 14.8 Å². The molecular formula is C21H25NO3. The fourth-order valence-corrected chi connectivity index (χ4v) is 3.32. The molecule has 0 saturated heterocycles. The molecule has 1 N–H and O–H groups in total. The molecule has 4 heteroatoms. The average molecular weight is 339 g/mol. The number of amides is 1. The van der Waals surface area contributed by atoms with Gasteiger partial charge in [0.2, 0.25) is 0 Å². The Morgan fingerprint density at radius 3 is 2.48 bits per heavy atom. The molecule has 3 rings (SSSR count). The lowest BCUT2D eigenvalue weighted by Gasteiger charge is -2.29. The van der Waals surface area contributed by atoms with Gasteiger partial charge in [-0.15, -0.1) is 0 Å². The molecule has 1 atom stereocenters. The molecule has 1 heterocycles. The molecule has 0 aliphatic carbocycles. The van der Waals surface area contributed by atoms with Crippen LogP contribution in [0.3, 0.4) is 0 Å². The van der Waals surface area contributed by atoms with E-state index in [9.17, 15) is 4.79 Å². The summed E-state index contributed by atoms with van der Waals surface area (Å²) in [5.74, 6) is 1.24. The fraction of sp³-hybridized carbons (Fsp3) is 0.381. The second-order valence-corrected chi connectivity index (χ2v) is 7.19. The molecule has 1 aliphatic rings. The third-order valence-corrected chi connectivity index (χ3v) is 4.55. The van der Waals surface area contributed by atoms with Gasteiger partial charge in [-0.05, 0) is 42.5 Å². The Balaban J connectivity index is 1.64. The number of nitrogens with one attached hydrogen (secondary N) is 1. The molecule has 1 aliphatic heterocycles. The average Bonchev–Trinajstić information content (AvgIpc) is 2.61. The van der Waals surface area contributed by atoms with Gasteiger partial charge in [0.25, 0.3) is 5.91 Å². The van der Waals surface area contributed by atoms with Gasteiger partial charge < -0.3 is 14.8 Å². The molecule has 132 valence electrons. The largest absolute Gasteiger partial charge is 0.486 e. The first-order valence-corrected chi connectivity index (χ1v) is 8.72. The smallest absolute Gasteiger partial charge is 0.251 e. The predicted octanol–water partition coefficient (Wildman–Crippen LogP) is 3.94. The Labute approximate surface area is 149 Å². The molecule has 4 nitrogen and oxygen atoms in total. The van der Waals surface area contributed by atoms with E-state index in [1.54, 1.807) is 18.2 Å². The highest BCUT2D eigenvalue weighted by Gasteiger charge is 2.24. The number of hydrogen-bond donors (Lipinski definition) is 1. The van der Waals surface area contributed by atoms with E-state index in [-0.39, 0.29) is 17.4 Å². The maximum Gasteiger partial charge on any atom is 0.251 e. The minimum absolute atomic E-state index is 0.0131. The number of carbonyl (C=O) groups excluding carboxylic acids is 1. The van der Waals surface area contributed by atoms with Gasteiger partial charge in [0, 0.05) is 11.6 Å². The summed E-state index contributed by atoms with van der Waals surface area (Å²) >= 11 is 0. The lowest BCUT2D eigenvalue weighted by atomic mass is 9.79. The van der Waals surface area contributed by atoms with Crippen LogP contribution in [0, 0.1) is 0 Å². The SMILES string of the molecule is C[C@H](CC(C)(C)c1ccccc1)NC(=O)c1ccc2c(c1)OCCO2. The number of carbonyl (C=O) groups is 1. The Morgan fingerprint density at radius 2 is 1.76 bits per heavy atom. The van der Waals surface area contributed by atoms with Crippen molar-refractivity contribution in [2.24, 2.45) is 0 Å². The Hall–Kier alpha value is -2.49. The van der Waals surface area contributed by atoms with Crippen LogP contribution in [0.5, 0.6) is 11.5 Å². The van der Waals surface area contributed by atoms with Crippen LogP contribution >= 0.6 is 0 Å². The van der Waals surface area contributed by atoms with Crippen LogP contribution in [0.1, 0.15) is 43.1 Å². The van der Waals surface area contributed by atoms with Crippen molar-refractivity contribution >= 4 is 5.91 Å². The third-order valence-electron chi connectivity index (χ3n) is 4.55. The normalized spacial score (nSPS) is 14.7. The van der Waals surface area contributed by atoms with Crippen molar-refractivity contribution in [2.75, 3.05) is 13.2 Å². The van der Waals surface area contributed by atoms with E-state index in [0.29, 0.717) is 30.3 Å². The van der Waals surface area contributed by atoms with Crippen LogP contribution in [0.15, 0.2) is 48.5 Å². The van der Waals surface area contributed by atoms with Crippen molar-refractivity contribution in [1.29, 1.82) is 0 Å². The topological polar surface area (TPSA) is 47.6 Å². The summed E-state index contributed by atoms with van der Waals surface area (Å²) < 4.78 is 11.1. The summed E-state index contributed by atoms with van der Waals surface area (Å²) in [6, 6.07) is 15.8. The maximum atomic E-state index is 12.6. The number of benzene rings is 2.